The van der Waals surface area contributed by atoms with Crippen molar-refractivity contribution >= 4 is 17.7 Å². The van der Waals surface area contributed by atoms with E-state index in [9.17, 15) is 18.0 Å². The van der Waals surface area contributed by atoms with Crippen molar-refractivity contribution in [3.05, 3.63) is 30.3 Å². The first-order valence-electron chi connectivity index (χ1n) is 5.44. The molecular weight excluding hydrogens is 263 g/mol. The highest BCUT2D eigenvalue weighted by molar-refractivity contribution is 8.00. The first kappa shape index (κ1) is 14.9. The Morgan fingerprint density at radius 2 is 1.89 bits per heavy atom. The van der Waals surface area contributed by atoms with E-state index in [1.54, 1.807) is 0 Å². The standard InChI is InChI=1S/C12H14F3NOS/c1-2-16(9-12(13,14)15)11(17)8-18-10-6-4-3-5-7-10/h3-7H,2,8-9H2,1H3. The summed E-state index contributed by atoms with van der Waals surface area (Å²) in [4.78, 5) is 13.3. The Balaban J connectivity index is 2.48. The maximum absolute atomic E-state index is 12.2. The summed E-state index contributed by atoms with van der Waals surface area (Å²) in [5, 5.41) is 0. The molecule has 1 amide bonds. The number of hydrogen-bond donors (Lipinski definition) is 0. The third kappa shape index (κ3) is 5.44. The molecule has 0 aliphatic carbocycles. The number of carbonyl (C=O) groups is 1. The zero-order valence-electron chi connectivity index (χ0n) is 9.91. The van der Waals surface area contributed by atoms with Crippen LogP contribution in [0.1, 0.15) is 6.92 Å². The van der Waals surface area contributed by atoms with Gasteiger partial charge in [-0.25, -0.2) is 0 Å². The lowest BCUT2D eigenvalue weighted by Crippen LogP contribution is -2.39. The second-order valence-electron chi connectivity index (χ2n) is 3.62. The van der Waals surface area contributed by atoms with Crippen molar-refractivity contribution < 1.29 is 18.0 Å². The van der Waals surface area contributed by atoms with E-state index in [-0.39, 0.29) is 12.3 Å². The highest BCUT2D eigenvalue weighted by Crippen LogP contribution is 2.20. The van der Waals surface area contributed by atoms with Crippen LogP contribution in [-0.2, 0) is 4.79 Å². The Labute approximate surface area is 108 Å². The van der Waals surface area contributed by atoms with Gasteiger partial charge in [-0.15, -0.1) is 11.8 Å². The second kappa shape index (κ2) is 6.68. The zero-order chi connectivity index (χ0) is 13.6. The van der Waals surface area contributed by atoms with Gasteiger partial charge in [0.05, 0.1) is 5.75 Å². The van der Waals surface area contributed by atoms with Crippen molar-refractivity contribution in [2.45, 2.75) is 18.0 Å². The Hall–Kier alpha value is -1.17. The minimum absolute atomic E-state index is 0.0218. The predicted octanol–water partition coefficient (Wildman–Crippen LogP) is 3.19. The van der Waals surface area contributed by atoms with Gasteiger partial charge < -0.3 is 4.90 Å². The van der Waals surface area contributed by atoms with Gasteiger partial charge in [0.2, 0.25) is 5.91 Å². The average Bonchev–Trinajstić information content (AvgIpc) is 2.33. The monoisotopic (exact) mass is 277 g/mol. The summed E-state index contributed by atoms with van der Waals surface area (Å²) in [6.45, 7) is 0.419. The first-order valence-corrected chi connectivity index (χ1v) is 6.43. The van der Waals surface area contributed by atoms with Crippen LogP contribution in [-0.4, -0.2) is 35.8 Å². The highest BCUT2D eigenvalue weighted by Gasteiger charge is 2.32. The quantitative estimate of drug-likeness (QED) is 0.770. The smallest absolute Gasteiger partial charge is 0.333 e. The van der Waals surface area contributed by atoms with E-state index in [1.165, 1.54) is 18.7 Å². The molecule has 0 radical (unpaired) electrons. The normalized spacial score (nSPS) is 11.3. The third-order valence-electron chi connectivity index (χ3n) is 2.21. The van der Waals surface area contributed by atoms with Crippen LogP contribution in [0.15, 0.2) is 35.2 Å². The largest absolute Gasteiger partial charge is 0.406 e. The van der Waals surface area contributed by atoms with E-state index < -0.39 is 18.6 Å². The third-order valence-corrected chi connectivity index (χ3v) is 3.21. The Morgan fingerprint density at radius 1 is 1.28 bits per heavy atom. The molecule has 0 saturated heterocycles. The van der Waals surface area contributed by atoms with Crippen LogP contribution in [0.4, 0.5) is 13.2 Å². The molecule has 100 valence electrons. The number of amides is 1. The second-order valence-corrected chi connectivity index (χ2v) is 4.67. The molecule has 0 heterocycles. The summed E-state index contributed by atoms with van der Waals surface area (Å²) in [6.07, 6.45) is -4.34. The molecule has 18 heavy (non-hydrogen) atoms. The highest BCUT2D eigenvalue weighted by atomic mass is 32.2. The number of hydrogen-bond acceptors (Lipinski definition) is 2. The number of nitrogens with zero attached hydrogens (tertiary/aromatic N) is 1. The van der Waals surface area contributed by atoms with Gasteiger partial charge in [-0.1, -0.05) is 18.2 Å². The molecule has 0 atom stereocenters. The van der Waals surface area contributed by atoms with Crippen molar-refractivity contribution in [1.82, 2.24) is 4.90 Å². The van der Waals surface area contributed by atoms with Crippen LogP contribution >= 0.6 is 11.8 Å². The maximum atomic E-state index is 12.2. The number of carbonyl (C=O) groups excluding carboxylic acids is 1. The molecular formula is C12H14F3NOS. The minimum atomic E-state index is -4.34. The number of alkyl halides is 3. The molecule has 6 heteroatoms. The Kier molecular flexibility index (Phi) is 5.53. The number of benzene rings is 1. The van der Waals surface area contributed by atoms with E-state index in [0.717, 1.165) is 9.80 Å². The molecule has 1 rings (SSSR count). The van der Waals surface area contributed by atoms with E-state index in [0.29, 0.717) is 0 Å². The van der Waals surface area contributed by atoms with Crippen LogP contribution in [0.2, 0.25) is 0 Å². The summed E-state index contributed by atoms with van der Waals surface area (Å²) in [6, 6.07) is 9.12. The van der Waals surface area contributed by atoms with Gasteiger partial charge >= 0.3 is 6.18 Å². The first-order chi connectivity index (χ1) is 8.42. The number of halogens is 3. The Bertz CT molecular complexity index is 381. The topological polar surface area (TPSA) is 20.3 Å². The molecule has 0 fully saturated rings. The van der Waals surface area contributed by atoms with Gasteiger partial charge in [-0.2, -0.15) is 13.2 Å². The molecule has 0 bridgehead atoms. The molecule has 0 aliphatic heterocycles. The Morgan fingerprint density at radius 3 is 2.39 bits per heavy atom. The van der Waals surface area contributed by atoms with Gasteiger partial charge in [0.1, 0.15) is 6.54 Å². The molecule has 2 nitrogen and oxygen atoms in total. The van der Waals surface area contributed by atoms with Crippen LogP contribution in [0.5, 0.6) is 0 Å². The lowest BCUT2D eigenvalue weighted by molar-refractivity contribution is -0.159. The molecule has 0 spiro atoms. The van der Waals surface area contributed by atoms with Gasteiger partial charge in [0, 0.05) is 11.4 Å². The van der Waals surface area contributed by atoms with E-state index in [2.05, 4.69) is 0 Å². The van der Waals surface area contributed by atoms with E-state index >= 15 is 0 Å². The fraction of sp³-hybridized carbons (Fsp3) is 0.417. The molecule has 1 aromatic rings. The lowest BCUT2D eigenvalue weighted by atomic mass is 10.4. The summed E-state index contributed by atoms with van der Waals surface area (Å²) >= 11 is 1.24. The van der Waals surface area contributed by atoms with Crippen molar-refractivity contribution in [3.63, 3.8) is 0 Å². The molecule has 0 unspecified atom stereocenters. The fourth-order valence-electron chi connectivity index (χ4n) is 1.35. The predicted molar refractivity (Wildman–Crippen MR) is 65.5 cm³/mol. The van der Waals surface area contributed by atoms with Gasteiger partial charge in [0.25, 0.3) is 0 Å². The van der Waals surface area contributed by atoms with Crippen molar-refractivity contribution in [2.24, 2.45) is 0 Å². The summed E-state index contributed by atoms with van der Waals surface area (Å²) in [5.74, 6) is -0.475. The molecule has 0 saturated carbocycles. The molecule has 0 aliphatic rings. The van der Waals surface area contributed by atoms with Crippen molar-refractivity contribution in [3.8, 4) is 0 Å². The summed E-state index contributed by atoms with van der Waals surface area (Å²) in [5.41, 5.74) is 0. The van der Waals surface area contributed by atoms with E-state index in [4.69, 9.17) is 0 Å². The summed E-state index contributed by atoms with van der Waals surface area (Å²) in [7, 11) is 0. The van der Waals surface area contributed by atoms with E-state index in [1.807, 2.05) is 30.3 Å². The van der Waals surface area contributed by atoms with Crippen molar-refractivity contribution in [1.29, 1.82) is 0 Å². The van der Waals surface area contributed by atoms with Gasteiger partial charge in [-0.3, -0.25) is 4.79 Å². The molecule has 1 aromatic carbocycles. The van der Waals surface area contributed by atoms with Crippen LogP contribution < -0.4 is 0 Å². The van der Waals surface area contributed by atoms with Crippen LogP contribution in [0.25, 0.3) is 0 Å². The van der Waals surface area contributed by atoms with Gasteiger partial charge in [-0.05, 0) is 19.1 Å². The minimum Gasteiger partial charge on any atom is -0.333 e. The van der Waals surface area contributed by atoms with Crippen LogP contribution in [0.3, 0.4) is 0 Å². The fourth-order valence-corrected chi connectivity index (χ4v) is 2.17. The SMILES string of the molecule is CCN(CC(F)(F)F)C(=O)CSc1ccccc1. The molecule has 0 aromatic heterocycles. The van der Waals surface area contributed by atoms with Gasteiger partial charge in [0.15, 0.2) is 0 Å². The number of thioether (sulfide) groups is 1. The maximum Gasteiger partial charge on any atom is 0.406 e. The van der Waals surface area contributed by atoms with Crippen molar-refractivity contribution in [2.75, 3.05) is 18.8 Å². The molecule has 0 N–H and O–H groups in total. The lowest BCUT2D eigenvalue weighted by Gasteiger charge is -2.22. The average molecular weight is 277 g/mol. The number of rotatable bonds is 5. The summed E-state index contributed by atoms with van der Waals surface area (Å²) < 4.78 is 36.6. The van der Waals surface area contributed by atoms with Crippen LogP contribution in [0, 0.1) is 0 Å². The zero-order valence-corrected chi connectivity index (χ0v) is 10.7.